The average Bonchev–Trinajstić information content (AvgIpc) is 3.26. The van der Waals surface area contributed by atoms with Crippen LogP contribution in [0.3, 0.4) is 0 Å². The molecule has 2 aliphatic rings. The van der Waals surface area contributed by atoms with Crippen molar-refractivity contribution < 1.29 is 14.3 Å². The minimum absolute atomic E-state index is 0.147. The molecule has 1 fully saturated rings. The number of piperidine rings is 1. The van der Waals surface area contributed by atoms with E-state index in [1.165, 1.54) is 18.2 Å². The van der Waals surface area contributed by atoms with Gasteiger partial charge in [-0.2, -0.15) is 0 Å². The Hall–Kier alpha value is -3.00. The number of thioether (sulfide) groups is 1. The third-order valence-corrected chi connectivity index (χ3v) is 6.93. The van der Waals surface area contributed by atoms with Crippen LogP contribution >= 0.6 is 11.8 Å². The Morgan fingerprint density at radius 2 is 1.70 bits per heavy atom. The molecule has 1 amide bonds. The van der Waals surface area contributed by atoms with Crippen LogP contribution in [-0.4, -0.2) is 51.0 Å². The largest absolute Gasteiger partial charge is 0.485 e. The first kappa shape index (κ1) is 21.8. The van der Waals surface area contributed by atoms with Gasteiger partial charge in [0, 0.05) is 18.8 Å². The molecule has 0 radical (unpaired) electrons. The van der Waals surface area contributed by atoms with Gasteiger partial charge in [-0.15, -0.1) is 10.2 Å². The lowest BCUT2D eigenvalue weighted by Gasteiger charge is -2.35. The lowest BCUT2D eigenvalue weighted by atomic mass is 9.92. The monoisotopic (exact) mass is 464 g/mol. The number of carbonyl (C=O) groups is 1. The molecule has 0 saturated carbocycles. The van der Waals surface area contributed by atoms with E-state index in [9.17, 15) is 4.79 Å². The topological polar surface area (TPSA) is 69.5 Å². The Kier molecular flexibility index (Phi) is 6.26. The Morgan fingerprint density at radius 3 is 2.45 bits per heavy atom. The molecule has 8 heteroatoms. The number of amides is 1. The van der Waals surface area contributed by atoms with Crippen LogP contribution in [-0.2, 0) is 4.79 Å². The molecular weight excluding hydrogens is 436 g/mol. The second-order valence-electron chi connectivity index (χ2n) is 8.91. The standard InChI is InChI=1S/C25H28N4O3S/c1-17-12-18(2)14-28(13-17)23(30)16-33-25-27-26-24(29(25)19-8-4-3-5-9-19)22-15-31-20-10-6-7-11-21(20)32-22/h3-11,17-18,22H,12-16H2,1-2H3/t17-,18+,22-/m0/s1. The number of aromatic nitrogens is 3. The van der Waals surface area contributed by atoms with Crippen LogP contribution in [0.5, 0.6) is 11.5 Å². The molecule has 0 spiro atoms. The molecule has 172 valence electrons. The summed E-state index contributed by atoms with van der Waals surface area (Å²) >= 11 is 1.42. The summed E-state index contributed by atoms with van der Waals surface area (Å²) in [6.45, 7) is 6.42. The number of hydrogen-bond acceptors (Lipinski definition) is 6. The number of carbonyl (C=O) groups excluding carboxylic acids is 1. The van der Waals surface area contributed by atoms with E-state index in [1.807, 2.05) is 64.1 Å². The van der Waals surface area contributed by atoms with Crippen molar-refractivity contribution in [2.45, 2.75) is 31.5 Å². The summed E-state index contributed by atoms with van der Waals surface area (Å²) in [5, 5.41) is 9.58. The van der Waals surface area contributed by atoms with Gasteiger partial charge in [0.2, 0.25) is 5.91 Å². The molecule has 3 atom stereocenters. The zero-order valence-corrected chi connectivity index (χ0v) is 19.7. The predicted molar refractivity (Wildman–Crippen MR) is 127 cm³/mol. The van der Waals surface area contributed by atoms with Gasteiger partial charge in [0.15, 0.2) is 28.6 Å². The van der Waals surface area contributed by atoms with Crippen molar-refractivity contribution in [3.05, 3.63) is 60.4 Å². The minimum Gasteiger partial charge on any atom is -0.485 e. The first-order chi connectivity index (χ1) is 16.1. The van der Waals surface area contributed by atoms with Crippen LogP contribution in [0.15, 0.2) is 59.8 Å². The van der Waals surface area contributed by atoms with Crippen molar-refractivity contribution in [3.63, 3.8) is 0 Å². The molecule has 2 aromatic carbocycles. The SMILES string of the molecule is C[C@@H]1C[C@H](C)CN(C(=O)CSc2nnc([C@@H]3COc4ccccc4O3)n2-c2ccccc2)C1. The summed E-state index contributed by atoms with van der Waals surface area (Å²) in [5.41, 5.74) is 0.926. The van der Waals surface area contributed by atoms with Crippen molar-refractivity contribution in [3.8, 4) is 17.2 Å². The first-order valence-electron chi connectivity index (χ1n) is 11.4. The van der Waals surface area contributed by atoms with E-state index in [0.717, 1.165) is 24.5 Å². The van der Waals surface area contributed by atoms with Crippen LogP contribution in [0.1, 0.15) is 32.2 Å². The molecule has 2 aliphatic heterocycles. The number of nitrogens with zero attached hydrogens (tertiary/aromatic N) is 4. The van der Waals surface area contributed by atoms with Gasteiger partial charge in [-0.1, -0.05) is 55.9 Å². The normalized spacial score (nSPS) is 22.2. The lowest BCUT2D eigenvalue weighted by molar-refractivity contribution is -0.130. The van der Waals surface area contributed by atoms with E-state index in [1.54, 1.807) is 0 Å². The van der Waals surface area contributed by atoms with Crippen LogP contribution in [0.25, 0.3) is 5.69 Å². The van der Waals surface area contributed by atoms with Crippen LogP contribution in [0.4, 0.5) is 0 Å². The van der Waals surface area contributed by atoms with Gasteiger partial charge in [-0.05, 0) is 42.5 Å². The summed E-state index contributed by atoms with van der Waals surface area (Å²) in [7, 11) is 0. The highest BCUT2D eigenvalue weighted by molar-refractivity contribution is 7.99. The fourth-order valence-electron chi connectivity index (χ4n) is 4.63. The summed E-state index contributed by atoms with van der Waals surface area (Å²) < 4.78 is 14.1. The molecule has 0 N–H and O–H groups in total. The Balaban J connectivity index is 1.38. The van der Waals surface area contributed by atoms with E-state index in [2.05, 4.69) is 24.0 Å². The number of benzene rings is 2. The smallest absolute Gasteiger partial charge is 0.233 e. The molecule has 0 aliphatic carbocycles. The predicted octanol–water partition coefficient (Wildman–Crippen LogP) is 4.38. The summed E-state index contributed by atoms with van der Waals surface area (Å²) in [4.78, 5) is 15.0. The molecule has 33 heavy (non-hydrogen) atoms. The number of rotatable bonds is 5. The Labute approximate surface area is 198 Å². The molecule has 3 heterocycles. The van der Waals surface area contributed by atoms with Crippen molar-refractivity contribution >= 4 is 17.7 Å². The molecular formula is C25H28N4O3S. The molecule has 1 aromatic heterocycles. The van der Waals surface area contributed by atoms with Crippen LogP contribution < -0.4 is 9.47 Å². The van der Waals surface area contributed by atoms with Crippen molar-refractivity contribution in [2.24, 2.45) is 11.8 Å². The molecule has 5 rings (SSSR count). The number of ether oxygens (including phenoxy) is 2. The average molecular weight is 465 g/mol. The van der Waals surface area contributed by atoms with E-state index < -0.39 is 6.10 Å². The third-order valence-electron chi connectivity index (χ3n) is 6.02. The minimum atomic E-state index is -0.401. The number of hydrogen-bond donors (Lipinski definition) is 0. The maximum Gasteiger partial charge on any atom is 0.233 e. The third kappa shape index (κ3) is 4.71. The zero-order valence-electron chi connectivity index (χ0n) is 18.9. The highest BCUT2D eigenvalue weighted by Gasteiger charge is 2.30. The maximum absolute atomic E-state index is 13.0. The second kappa shape index (κ2) is 9.47. The Bertz CT molecular complexity index is 1110. The van der Waals surface area contributed by atoms with Gasteiger partial charge in [-0.3, -0.25) is 9.36 Å². The van der Waals surface area contributed by atoms with E-state index in [0.29, 0.717) is 40.9 Å². The van der Waals surface area contributed by atoms with Gasteiger partial charge in [0.1, 0.15) is 6.61 Å². The summed E-state index contributed by atoms with van der Waals surface area (Å²) in [6.07, 6.45) is 0.774. The molecule has 1 saturated heterocycles. The molecule has 3 aromatic rings. The van der Waals surface area contributed by atoms with Gasteiger partial charge < -0.3 is 14.4 Å². The highest BCUT2D eigenvalue weighted by Crippen LogP contribution is 2.37. The molecule has 7 nitrogen and oxygen atoms in total. The zero-order chi connectivity index (χ0) is 22.8. The fraction of sp³-hybridized carbons (Fsp3) is 0.400. The summed E-state index contributed by atoms with van der Waals surface area (Å²) in [6, 6.07) is 17.5. The Morgan fingerprint density at radius 1 is 1.00 bits per heavy atom. The van der Waals surface area contributed by atoms with Crippen LogP contribution in [0.2, 0.25) is 0 Å². The summed E-state index contributed by atoms with van der Waals surface area (Å²) in [5.74, 6) is 3.62. The second-order valence-corrected chi connectivity index (χ2v) is 9.85. The quantitative estimate of drug-likeness (QED) is 0.522. The molecule has 0 unspecified atom stereocenters. The number of para-hydroxylation sites is 3. The van der Waals surface area contributed by atoms with Crippen molar-refractivity contribution in [2.75, 3.05) is 25.4 Å². The molecule has 0 bridgehead atoms. The highest BCUT2D eigenvalue weighted by atomic mass is 32.2. The van der Waals surface area contributed by atoms with Gasteiger partial charge >= 0.3 is 0 Å². The van der Waals surface area contributed by atoms with Gasteiger partial charge in [0.25, 0.3) is 0 Å². The number of likely N-dealkylation sites (tertiary alicyclic amines) is 1. The van der Waals surface area contributed by atoms with Gasteiger partial charge in [-0.25, -0.2) is 0 Å². The first-order valence-corrected chi connectivity index (χ1v) is 12.4. The van der Waals surface area contributed by atoms with Crippen molar-refractivity contribution in [1.29, 1.82) is 0 Å². The van der Waals surface area contributed by atoms with E-state index in [4.69, 9.17) is 9.47 Å². The van der Waals surface area contributed by atoms with Gasteiger partial charge in [0.05, 0.1) is 5.75 Å². The van der Waals surface area contributed by atoms with E-state index in [-0.39, 0.29) is 5.91 Å². The van der Waals surface area contributed by atoms with E-state index >= 15 is 0 Å². The van der Waals surface area contributed by atoms with Crippen LogP contribution in [0, 0.1) is 11.8 Å². The fourth-order valence-corrected chi connectivity index (χ4v) is 5.50. The maximum atomic E-state index is 13.0. The lowest BCUT2D eigenvalue weighted by Crippen LogP contribution is -2.43. The number of fused-ring (bicyclic) bond motifs is 1. The van der Waals surface area contributed by atoms with Crippen molar-refractivity contribution in [1.82, 2.24) is 19.7 Å².